The smallest absolute Gasteiger partial charge is 0.271 e. The molecule has 1 aliphatic heterocycles. The number of hydrogen-bond acceptors (Lipinski definition) is 4. The largest absolute Gasteiger partial charge is 0.350 e. The normalized spacial score (nSPS) is 17.0. The van der Waals surface area contributed by atoms with Gasteiger partial charge in [-0.3, -0.25) is 9.59 Å². The van der Waals surface area contributed by atoms with Gasteiger partial charge in [-0.2, -0.15) is 0 Å². The van der Waals surface area contributed by atoms with Gasteiger partial charge in [-0.05, 0) is 24.8 Å². The summed E-state index contributed by atoms with van der Waals surface area (Å²) in [6, 6.07) is 3.96. The molecule has 1 aliphatic rings. The molecular weight excluding hydrogens is 312 g/mol. The zero-order chi connectivity index (χ0) is 16.4. The molecule has 1 atom stereocenters. The summed E-state index contributed by atoms with van der Waals surface area (Å²) in [4.78, 5) is 31.3. The first kappa shape index (κ1) is 15.7. The Morgan fingerprint density at radius 1 is 1.43 bits per heavy atom. The van der Waals surface area contributed by atoms with Gasteiger partial charge >= 0.3 is 0 Å². The molecule has 6 nitrogen and oxygen atoms in total. The number of nitrogens with zero attached hydrogens (tertiary/aromatic N) is 3. The Labute approximate surface area is 139 Å². The van der Waals surface area contributed by atoms with E-state index in [0.717, 1.165) is 12.2 Å². The van der Waals surface area contributed by atoms with E-state index in [0.29, 0.717) is 25.3 Å². The summed E-state index contributed by atoms with van der Waals surface area (Å²) in [5.41, 5.74) is 0.420. The molecule has 0 aliphatic carbocycles. The second-order valence-electron chi connectivity index (χ2n) is 5.65. The maximum atomic E-state index is 12.2. The van der Waals surface area contributed by atoms with E-state index in [9.17, 15) is 9.59 Å². The van der Waals surface area contributed by atoms with E-state index in [1.165, 1.54) is 4.88 Å². The van der Waals surface area contributed by atoms with Gasteiger partial charge in [0.25, 0.3) is 5.91 Å². The highest BCUT2D eigenvalue weighted by Gasteiger charge is 2.28. The highest BCUT2D eigenvalue weighted by molar-refractivity contribution is 7.09. The van der Waals surface area contributed by atoms with Gasteiger partial charge in [0.1, 0.15) is 11.5 Å². The predicted octanol–water partition coefficient (Wildman–Crippen LogP) is 1.84. The van der Waals surface area contributed by atoms with E-state index < -0.39 is 0 Å². The Kier molecular flexibility index (Phi) is 4.47. The molecule has 3 rings (SSSR count). The van der Waals surface area contributed by atoms with Crippen molar-refractivity contribution in [3.63, 3.8) is 0 Å². The van der Waals surface area contributed by atoms with Crippen molar-refractivity contribution in [3.05, 3.63) is 40.1 Å². The molecule has 122 valence electrons. The van der Waals surface area contributed by atoms with Crippen molar-refractivity contribution < 1.29 is 9.59 Å². The maximum absolute atomic E-state index is 12.2. The molecule has 1 unspecified atom stereocenters. The molecular formula is C16H20N4O2S. The minimum atomic E-state index is -0.162. The van der Waals surface area contributed by atoms with E-state index in [4.69, 9.17) is 0 Å². The minimum absolute atomic E-state index is 0.0358. The van der Waals surface area contributed by atoms with Crippen LogP contribution in [0.25, 0.3) is 0 Å². The fraction of sp³-hybridized carbons (Fsp3) is 0.438. The third kappa shape index (κ3) is 3.29. The molecule has 2 aromatic rings. The van der Waals surface area contributed by atoms with Crippen LogP contribution in [0, 0.1) is 0 Å². The SMILES string of the molecule is CC(=O)N1CCn2cc(C(=O)NCCc3cccs3)nc2C1C. The molecule has 0 fully saturated rings. The van der Waals surface area contributed by atoms with Crippen LogP contribution >= 0.6 is 11.3 Å². The van der Waals surface area contributed by atoms with E-state index in [1.807, 2.05) is 22.9 Å². The molecule has 2 amide bonds. The van der Waals surface area contributed by atoms with Crippen LogP contribution in [0.1, 0.15) is 41.1 Å². The van der Waals surface area contributed by atoms with E-state index in [1.54, 1.807) is 29.4 Å². The first-order valence-electron chi connectivity index (χ1n) is 7.71. The molecule has 1 N–H and O–H groups in total. The molecule has 0 saturated carbocycles. The second-order valence-corrected chi connectivity index (χ2v) is 6.68. The Hall–Kier alpha value is -2.15. The van der Waals surface area contributed by atoms with E-state index >= 15 is 0 Å². The molecule has 23 heavy (non-hydrogen) atoms. The van der Waals surface area contributed by atoms with Crippen LogP contribution in [0.4, 0.5) is 0 Å². The molecule has 0 bridgehead atoms. The van der Waals surface area contributed by atoms with E-state index in [2.05, 4.69) is 16.4 Å². The first-order chi connectivity index (χ1) is 11.1. The van der Waals surface area contributed by atoms with Crippen LogP contribution in [0.3, 0.4) is 0 Å². The topological polar surface area (TPSA) is 67.2 Å². The fourth-order valence-corrected chi connectivity index (χ4v) is 3.58. The number of imidazole rings is 1. The number of carbonyl (C=O) groups is 2. The number of rotatable bonds is 4. The summed E-state index contributed by atoms with van der Waals surface area (Å²) >= 11 is 1.69. The number of carbonyl (C=O) groups excluding carboxylic acids is 2. The zero-order valence-corrected chi connectivity index (χ0v) is 14.1. The van der Waals surface area contributed by atoms with Crippen LogP contribution in [-0.4, -0.2) is 39.4 Å². The molecule has 0 radical (unpaired) electrons. The standard InChI is InChI=1S/C16H20N4O2S/c1-11-15-18-14(10-19(15)7-8-20(11)12(2)21)16(22)17-6-5-13-4-3-9-23-13/h3-4,9-11H,5-8H2,1-2H3,(H,17,22). The molecule has 0 spiro atoms. The second kappa shape index (κ2) is 6.54. The number of thiophene rings is 1. The quantitative estimate of drug-likeness (QED) is 0.929. The van der Waals surface area contributed by atoms with Crippen molar-refractivity contribution in [2.24, 2.45) is 0 Å². The van der Waals surface area contributed by atoms with Crippen LogP contribution < -0.4 is 5.32 Å². The van der Waals surface area contributed by atoms with Crippen molar-refractivity contribution >= 4 is 23.2 Å². The number of amides is 2. The van der Waals surface area contributed by atoms with Gasteiger partial charge in [-0.15, -0.1) is 11.3 Å². The van der Waals surface area contributed by atoms with Crippen molar-refractivity contribution in [2.75, 3.05) is 13.1 Å². The fourth-order valence-electron chi connectivity index (χ4n) is 2.88. The lowest BCUT2D eigenvalue weighted by atomic mass is 10.2. The van der Waals surface area contributed by atoms with Crippen molar-refractivity contribution in [1.29, 1.82) is 0 Å². The summed E-state index contributed by atoms with van der Waals surface area (Å²) in [5.74, 6) is 0.647. The third-order valence-corrected chi connectivity index (χ3v) is 5.04. The van der Waals surface area contributed by atoms with Crippen LogP contribution in [-0.2, 0) is 17.8 Å². The summed E-state index contributed by atoms with van der Waals surface area (Å²) in [6.07, 6.45) is 2.61. The summed E-state index contributed by atoms with van der Waals surface area (Å²) in [6.45, 7) is 5.43. The Balaban J connectivity index is 1.64. The van der Waals surface area contributed by atoms with Crippen LogP contribution in [0.15, 0.2) is 23.7 Å². The van der Waals surface area contributed by atoms with Gasteiger partial charge in [-0.25, -0.2) is 4.98 Å². The summed E-state index contributed by atoms with van der Waals surface area (Å²) in [7, 11) is 0. The lowest BCUT2D eigenvalue weighted by Crippen LogP contribution is -2.39. The van der Waals surface area contributed by atoms with Gasteiger partial charge < -0.3 is 14.8 Å². The van der Waals surface area contributed by atoms with Gasteiger partial charge in [0.15, 0.2) is 0 Å². The van der Waals surface area contributed by atoms with E-state index in [-0.39, 0.29) is 17.9 Å². The zero-order valence-electron chi connectivity index (χ0n) is 13.3. The van der Waals surface area contributed by atoms with Gasteiger partial charge in [0.05, 0.1) is 6.04 Å². The highest BCUT2D eigenvalue weighted by atomic mass is 32.1. The lowest BCUT2D eigenvalue weighted by Gasteiger charge is -2.32. The lowest BCUT2D eigenvalue weighted by molar-refractivity contribution is -0.132. The van der Waals surface area contributed by atoms with Gasteiger partial charge in [-0.1, -0.05) is 6.07 Å². The predicted molar refractivity (Wildman–Crippen MR) is 88.4 cm³/mol. The highest BCUT2D eigenvalue weighted by Crippen LogP contribution is 2.24. The third-order valence-electron chi connectivity index (χ3n) is 4.10. The molecule has 0 aromatic carbocycles. The molecule has 2 aromatic heterocycles. The average molecular weight is 332 g/mol. The molecule has 7 heteroatoms. The van der Waals surface area contributed by atoms with Gasteiger partial charge in [0, 0.05) is 37.6 Å². The minimum Gasteiger partial charge on any atom is -0.350 e. The van der Waals surface area contributed by atoms with Crippen molar-refractivity contribution in [2.45, 2.75) is 32.9 Å². The molecule has 3 heterocycles. The average Bonchev–Trinajstić information content (AvgIpc) is 3.16. The monoisotopic (exact) mass is 332 g/mol. The molecule has 0 saturated heterocycles. The summed E-state index contributed by atoms with van der Waals surface area (Å²) < 4.78 is 1.97. The summed E-state index contributed by atoms with van der Waals surface area (Å²) in [5, 5.41) is 4.94. The van der Waals surface area contributed by atoms with Crippen LogP contribution in [0.2, 0.25) is 0 Å². The first-order valence-corrected chi connectivity index (χ1v) is 8.59. The van der Waals surface area contributed by atoms with Crippen molar-refractivity contribution in [3.8, 4) is 0 Å². The Morgan fingerprint density at radius 2 is 2.26 bits per heavy atom. The number of aromatic nitrogens is 2. The van der Waals surface area contributed by atoms with Crippen molar-refractivity contribution in [1.82, 2.24) is 19.8 Å². The van der Waals surface area contributed by atoms with Crippen LogP contribution in [0.5, 0.6) is 0 Å². The Morgan fingerprint density at radius 3 is 2.96 bits per heavy atom. The number of fused-ring (bicyclic) bond motifs is 1. The number of nitrogens with one attached hydrogen (secondary N) is 1. The Bertz CT molecular complexity index is 708. The number of hydrogen-bond donors (Lipinski definition) is 1. The van der Waals surface area contributed by atoms with Gasteiger partial charge in [0.2, 0.25) is 5.91 Å². The maximum Gasteiger partial charge on any atom is 0.271 e.